The van der Waals surface area contributed by atoms with Crippen LogP contribution in [0.3, 0.4) is 0 Å². The van der Waals surface area contributed by atoms with Crippen molar-refractivity contribution in [2.75, 3.05) is 16.2 Å². The SMILES string of the molecule is NNc1cc(NN)nc(Nc2cccc(F)c2)n1. The molecule has 7 N–H and O–H groups in total. The summed E-state index contributed by atoms with van der Waals surface area (Å²) >= 11 is 0. The summed E-state index contributed by atoms with van der Waals surface area (Å²) < 4.78 is 13.0. The molecule has 1 aromatic heterocycles. The molecule has 1 aromatic carbocycles. The maximum Gasteiger partial charge on any atom is 0.231 e. The molecule has 0 spiro atoms. The highest BCUT2D eigenvalue weighted by atomic mass is 19.1. The minimum absolute atomic E-state index is 0.240. The van der Waals surface area contributed by atoms with Crippen molar-refractivity contribution < 1.29 is 4.39 Å². The summed E-state index contributed by atoms with van der Waals surface area (Å²) in [5.74, 6) is 11.2. The van der Waals surface area contributed by atoms with Gasteiger partial charge in [-0.3, -0.25) is 0 Å². The molecule has 0 unspecified atom stereocenters. The van der Waals surface area contributed by atoms with Gasteiger partial charge >= 0.3 is 0 Å². The van der Waals surface area contributed by atoms with Crippen LogP contribution < -0.4 is 27.9 Å². The van der Waals surface area contributed by atoms with E-state index in [9.17, 15) is 4.39 Å². The first-order valence-electron chi connectivity index (χ1n) is 5.06. The molecule has 0 aliphatic rings. The van der Waals surface area contributed by atoms with Crippen molar-refractivity contribution in [2.24, 2.45) is 11.7 Å². The highest BCUT2D eigenvalue weighted by Gasteiger charge is 2.04. The lowest BCUT2D eigenvalue weighted by molar-refractivity contribution is 0.628. The van der Waals surface area contributed by atoms with Crippen LogP contribution in [0.2, 0.25) is 0 Å². The largest absolute Gasteiger partial charge is 0.324 e. The van der Waals surface area contributed by atoms with Crippen LogP contribution in [0.4, 0.5) is 27.7 Å². The molecule has 1 heterocycles. The molecule has 18 heavy (non-hydrogen) atoms. The summed E-state index contributed by atoms with van der Waals surface area (Å²) in [5.41, 5.74) is 5.28. The highest BCUT2D eigenvalue weighted by molar-refractivity contribution is 5.58. The maximum atomic E-state index is 13.0. The van der Waals surface area contributed by atoms with E-state index in [4.69, 9.17) is 11.7 Å². The van der Waals surface area contributed by atoms with Crippen LogP contribution in [0.25, 0.3) is 0 Å². The number of aromatic nitrogens is 2. The second-order valence-electron chi connectivity index (χ2n) is 3.39. The van der Waals surface area contributed by atoms with E-state index in [0.717, 1.165) is 0 Å². The fourth-order valence-electron chi connectivity index (χ4n) is 1.35. The number of rotatable bonds is 4. The second kappa shape index (κ2) is 5.25. The van der Waals surface area contributed by atoms with Crippen LogP contribution in [0.1, 0.15) is 0 Å². The van der Waals surface area contributed by atoms with Crippen LogP contribution in [0.5, 0.6) is 0 Å². The van der Waals surface area contributed by atoms with Crippen molar-refractivity contribution >= 4 is 23.3 Å². The molecule has 0 aliphatic carbocycles. The monoisotopic (exact) mass is 249 g/mol. The highest BCUT2D eigenvalue weighted by Crippen LogP contribution is 2.17. The normalized spacial score (nSPS) is 9.94. The van der Waals surface area contributed by atoms with E-state index >= 15 is 0 Å². The van der Waals surface area contributed by atoms with Gasteiger partial charge in [-0.25, -0.2) is 16.1 Å². The second-order valence-corrected chi connectivity index (χ2v) is 3.39. The first kappa shape index (κ1) is 12.0. The lowest BCUT2D eigenvalue weighted by atomic mass is 10.3. The molecule has 0 amide bonds. The number of hydrogen-bond donors (Lipinski definition) is 5. The first-order valence-corrected chi connectivity index (χ1v) is 5.06. The Morgan fingerprint density at radius 2 is 1.67 bits per heavy atom. The number of hydrogen-bond acceptors (Lipinski definition) is 7. The molecule has 0 radical (unpaired) electrons. The fourth-order valence-corrected chi connectivity index (χ4v) is 1.35. The van der Waals surface area contributed by atoms with Crippen molar-refractivity contribution in [1.82, 2.24) is 9.97 Å². The Morgan fingerprint density at radius 1 is 1.00 bits per heavy atom. The summed E-state index contributed by atoms with van der Waals surface area (Å²) in [6.45, 7) is 0. The number of hydrazine groups is 2. The van der Waals surface area contributed by atoms with Crippen molar-refractivity contribution in [3.63, 3.8) is 0 Å². The third-order valence-electron chi connectivity index (χ3n) is 2.10. The van der Waals surface area contributed by atoms with E-state index in [2.05, 4.69) is 26.1 Å². The van der Waals surface area contributed by atoms with Gasteiger partial charge < -0.3 is 16.2 Å². The number of nitrogens with two attached hydrogens (primary N) is 2. The van der Waals surface area contributed by atoms with E-state index in [0.29, 0.717) is 17.3 Å². The molecule has 0 aliphatic heterocycles. The molecule has 0 fully saturated rings. The number of benzene rings is 1. The van der Waals surface area contributed by atoms with Crippen LogP contribution in [-0.4, -0.2) is 9.97 Å². The van der Waals surface area contributed by atoms with Crippen molar-refractivity contribution in [3.8, 4) is 0 Å². The van der Waals surface area contributed by atoms with Gasteiger partial charge in [0.2, 0.25) is 5.95 Å². The molecule has 2 rings (SSSR count). The van der Waals surface area contributed by atoms with Gasteiger partial charge in [0.15, 0.2) is 0 Å². The van der Waals surface area contributed by atoms with E-state index in [1.165, 1.54) is 18.2 Å². The minimum Gasteiger partial charge on any atom is -0.324 e. The molecule has 0 atom stereocenters. The molecular formula is C10H12FN7. The Morgan fingerprint density at radius 3 is 2.22 bits per heavy atom. The average Bonchev–Trinajstić information content (AvgIpc) is 2.38. The summed E-state index contributed by atoms with van der Waals surface area (Å²) in [6, 6.07) is 7.45. The summed E-state index contributed by atoms with van der Waals surface area (Å²) in [7, 11) is 0. The zero-order valence-corrected chi connectivity index (χ0v) is 9.31. The lowest BCUT2D eigenvalue weighted by Crippen LogP contribution is -2.14. The minimum atomic E-state index is -0.356. The first-order chi connectivity index (χ1) is 8.71. The average molecular weight is 249 g/mol. The number of nitrogens with one attached hydrogen (secondary N) is 3. The van der Waals surface area contributed by atoms with E-state index in [1.54, 1.807) is 12.1 Å². The van der Waals surface area contributed by atoms with Crippen molar-refractivity contribution in [2.45, 2.75) is 0 Å². The Bertz CT molecular complexity index is 523. The molecule has 0 bridgehead atoms. The predicted molar refractivity (Wildman–Crippen MR) is 67.3 cm³/mol. The Kier molecular flexibility index (Phi) is 3.51. The number of halogens is 1. The maximum absolute atomic E-state index is 13.0. The van der Waals surface area contributed by atoms with Gasteiger partial charge in [0.05, 0.1) is 0 Å². The lowest BCUT2D eigenvalue weighted by Gasteiger charge is -2.08. The standard InChI is InChI=1S/C10H12FN7/c11-6-2-1-3-7(4-6)14-10-15-8(17-12)5-9(16-10)18-13/h1-5H,12-13H2,(H3,14,15,16,17,18). The quantitative estimate of drug-likeness (QED) is 0.404. The topological polar surface area (TPSA) is 114 Å². The van der Waals surface area contributed by atoms with Crippen LogP contribution in [0.15, 0.2) is 30.3 Å². The third kappa shape index (κ3) is 2.81. The van der Waals surface area contributed by atoms with Gasteiger partial charge in [-0.2, -0.15) is 9.97 Å². The van der Waals surface area contributed by atoms with Gasteiger partial charge in [0, 0.05) is 11.8 Å². The van der Waals surface area contributed by atoms with Crippen LogP contribution in [-0.2, 0) is 0 Å². The smallest absolute Gasteiger partial charge is 0.231 e. The van der Waals surface area contributed by atoms with Gasteiger partial charge in [0.1, 0.15) is 17.5 Å². The zero-order chi connectivity index (χ0) is 13.0. The Labute approximate surface area is 102 Å². The molecule has 0 saturated carbocycles. The zero-order valence-electron chi connectivity index (χ0n) is 9.31. The molecule has 2 aromatic rings. The van der Waals surface area contributed by atoms with Crippen LogP contribution in [0, 0.1) is 5.82 Å². The summed E-state index contributed by atoms with van der Waals surface area (Å²) in [5, 5.41) is 2.84. The molecule has 0 saturated heterocycles. The van der Waals surface area contributed by atoms with Gasteiger partial charge in [0.25, 0.3) is 0 Å². The summed E-state index contributed by atoms with van der Waals surface area (Å²) in [6.07, 6.45) is 0. The van der Waals surface area contributed by atoms with E-state index < -0.39 is 0 Å². The van der Waals surface area contributed by atoms with Crippen molar-refractivity contribution in [3.05, 3.63) is 36.1 Å². The predicted octanol–water partition coefficient (Wildman–Crippen LogP) is 0.930. The van der Waals surface area contributed by atoms with Crippen LogP contribution >= 0.6 is 0 Å². The number of anilines is 4. The van der Waals surface area contributed by atoms with E-state index in [1.807, 2.05) is 0 Å². The van der Waals surface area contributed by atoms with Gasteiger partial charge in [-0.15, -0.1) is 0 Å². The number of nitrogen functional groups attached to an aromatic ring is 2. The van der Waals surface area contributed by atoms with Gasteiger partial charge in [-0.1, -0.05) is 6.07 Å². The molecular weight excluding hydrogens is 237 g/mol. The Hall–Kier alpha value is -2.45. The molecule has 94 valence electrons. The number of nitrogens with zero attached hydrogens (tertiary/aromatic N) is 2. The third-order valence-corrected chi connectivity index (χ3v) is 2.10. The molecule has 7 nitrogen and oxygen atoms in total. The van der Waals surface area contributed by atoms with Gasteiger partial charge in [-0.05, 0) is 18.2 Å². The van der Waals surface area contributed by atoms with E-state index in [-0.39, 0.29) is 11.8 Å². The molecule has 8 heteroatoms. The van der Waals surface area contributed by atoms with Crippen molar-refractivity contribution in [1.29, 1.82) is 0 Å². The fraction of sp³-hybridized carbons (Fsp3) is 0. The summed E-state index contributed by atoms with van der Waals surface area (Å²) in [4.78, 5) is 8.10. The Balaban J connectivity index is 2.28.